The van der Waals surface area contributed by atoms with E-state index in [1.807, 2.05) is 4.98 Å². The first-order valence-corrected chi connectivity index (χ1v) is 5.23. The van der Waals surface area contributed by atoms with Gasteiger partial charge in [-0.15, -0.1) is 0 Å². The number of hydrogen-bond acceptors (Lipinski definition) is 5. The topological polar surface area (TPSA) is 118 Å². The van der Waals surface area contributed by atoms with Crippen molar-refractivity contribution in [2.75, 3.05) is 0 Å². The van der Waals surface area contributed by atoms with Crippen LogP contribution in [-0.4, -0.2) is 19.6 Å². The Balaban J connectivity index is 2.43. The smallest absolute Gasteiger partial charge is 0.350 e. The lowest BCUT2D eigenvalue weighted by Crippen LogP contribution is -2.31. The molecule has 0 saturated heterocycles. The number of phenols is 1. The number of nitrogens with zero attached hydrogens (tertiary/aromatic N) is 2. The second-order valence-corrected chi connectivity index (χ2v) is 3.83. The number of nitrogens with one attached hydrogen (secondary N) is 1. The monoisotopic (exact) mass is 263 g/mol. The molecule has 0 fully saturated rings. The molecule has 0 aliphatic heterocycles. The quantitative estimate of drug-likeness (QED) is 0.605. The largest absolute Gasteiger partial charge is 0.508 e. The van der Waals surface area contributed by atoms with Gasteiger partial charge in [-0.2, -0.15) is 0 Å². The van der Waals surface area contributed by atoms with E-state index in [4.69, 9.17) is 5.11 Å². The number of hydrogen-bond donors (Lipinski definition) is 2. The van der Waals surface area contributed by atoms with E-state index in [1.54, 1.807) is 12.1 Å². The van der Waals surface area contributed by atoms with Gasteiger partial charge >= 0.3 is 16.9 Å². The summed E-state index contributed by atoms with van der Waals surface area (Å²) in [6.45, 7) is 0.0523. The van der Waals surface area contributed by atoms with Crippen LogP contribution in [0.2, 0.25) is 0 Å². The average Bonchev–Trinajstić information content (AvgIpc) is 2.34. The number of rotatable bonds is 3. The summed E-state index contributed by atoms with van der Waals surface area (Å²) < 4.78 is 1.02. The molecule has 0 saturated carbocycles. The summed E-state index contributed by atoms with van der Waals surface area (Å²) in [6, 6.07) is 6.00. The molecule has 0 aliphatic carbocycles. The van der Waals surface area contributed by atoms with Crippen LogP contribution in [0.3, 0.4) is 0 Å². The summed E-state index contributed by atoms with van der Waals surface area (Å²) in [5.41, 5.74) is -1.81. The van der Waals surface area contributed by atoms with Gasteiger partial charge in [0, 0.05) is 0 Å². The fourth-order valence-electron chi connectivity index (χ4n) is 1.54. The standard InChI is InChI=1S/C11H9N3O5/c15-8-3-1-7(2-4-8)5-13-6-9(14(18)19)10(16)12-11(13)17/h1-4,6,15H,5H2,(H,12,16,17). The molecule has 2 aromatic rings. The second-order valence-electron chi connectivity index (χ2n) is 3.83. The van der Waals surface area contributed by atoms with Crippen LogP contribution in [0.5, 0.6) is 5.75 Å². The zero-order valence-corrected chi connectivity index (χ0v) is 9.57. The van der Waals surface area contributed by atoms with Crippen molar-refractivity contribution in [1.82, 2.24) is 9.55 Å². The molecule has 1 aromatic carbocycles. The third-order valence-corrected chi connectivity index (χ3v) is 2.48. The predicted octanol–water partition coefficient (Wildman–Crippen LogP) is 0.199. The molecule has 0 spiro atoms. The Morgan fingerprint density at radius 1 is 1.26 bits per heavy atom. The number of phenolic OH excluding ortho intramolecular Hbond substituents is 1. The van der Waals surface area contributed by atoms with Crippen molar-refractivity contribution in [2.45, 2.75) is 6.54 Å². The molecule has 8 nitrogen and oxygen atoms in total. The van der Waals surface area contributed by atoms with Gasteiger partial charge in [0.05, 0.1) is 17.7 Å². The van der Waals surface area contributed by atoms with Gasteiger partial charge in [-0.05, 0) is 17.7 Å². The van der Waals surface area contributed by atoms with Crippen molar-refractivity contribution in [1.29, 1.82) is 0 Å². The highest BCUT2D eigenvalue weighted by molar-refractivity contribution is 5.27. The van der Waals surface area contributed by atoms with Crippen molar-refractivity contribution >= 4 is 5.69 Å². The van der Waals surface area contributed by atoms with Crippen LogP contribution in [0.15, 0.2) is 40.1 Å². The van der Waals surface area contributed by atoms with Crippen LogP contribution < -0.4 is 11.2 Å². The fraction of sp³-hybridized carbons (Fsp3) is 0.0909. The fourth-order valence-corrected chi connectivity index (χ4v) is 1.54. The summed E-state index contributed by atoms with van der Waals surface area (Å²) in [4.78, 5) is 34.4. The summed E-state index contributed by atoms with van der Waals surface area (Å²) in [5, 5.41) is 19.7. The van der Waals surface area contributed by atoms with Crippen LogP contribution >= 0.6 is 0 Å². The third-order valence-electron chi connectivity index (χ3n) is 2.48. The Hall–Kier alpha value is -2.90. The van der Waals surface area contributed by atoms with Crippen LogP contribution in [0.4, 0.5) is 5.69 Å². The van der Waals surface area contributed by atoms with E-state index >= 15 is 0 Å². The first-order chi connectivity index (χ1) is 8.97. The summed E-state index contributed by atoms with van der Waals surface area (Å²) >= 11 is 0. The normalized spacial score (nSPS) is 10.3. The lowest BCUT2D eigenvalue weighted by atomic mass is 10.2. The molecule has 1 heterocycles. The van der Waals surface area contributed by atoms with Gasteiger partial charge in [-0.25, -0.2) is 4.79 Å². The first kappa shape index (κ1) is 12.6. The van der Waals surface area contributed by atoms with Crippen LogP contribution in [0.1, 0.15) is 5.56 Å². The molecule has 0 radical (unpaired) electrons. The van der Waals surface area contributed by atoms with E-state index in [0.29, 0.717) is 5.56 Å². The van der Waals surface area contributed by atoms with Crippen LogP contribution in [0.25, 0.3) is 0 Å². The highest BCUT2D eigenvalue weighted by Gasteiger charge is 2.14. The minimum absolute atomic E-state index is 0.0523. The SMILES string of the molecule is O=c1[nH]c(=O)n(Cc2ccc(O)cc2)cc1[N+](=O)[O-]. The maximum Gasteiger partial charge on any atom is 0.350 e. The van der Waals surface area contributed by atoms with E-state index in [-0.39, 0.29) is 12.3 Å². The van der Waals surface area contributed by atoms with Gasteiger partial charge < -0.3 is 5.11 Å². The van der Waals surface area contributed by atoms with Crippen molar-refractivity contribution in [3.8, 4) is 5.75 Å². The molecule has 2 rings (SSSR count). The van der Waals surface area contributed by atoms with Crippen molar-refractivity contribution in [3.63, 3.8) is 0 Å². The van der Waals surface area contributed by atoms with E-state index in [1.165, 1.54) is 12.1 Å². The summed E-state index contributed by atoms with van der Waals surface area (Å²) in [7, 11) is 0. The molecule has 0 aliphatic rings. The molecule has 2 N–H and O–H groups in total. The Bertz CT molecular complexity index is 729. The van der Waals surface area contributed by atoms with Gasteiger partial charge in [0.15, 0.2) is 0 Å². The highest BCUT2D eigenvalue weighted by atomic mass is 16.6. The van der Waals surface area contributed by atoms with E-state index in [2.05, 4.69) is 0 Å². The zero-order chi connectivity index (χ0) is 14.0. The highest BCUT2D eigenvalue weighted by Crippen LogP contribution is 2.10. The van der Waals surface area contributed by atoms with Crippen LogP contribution in [0, 0.1) is 10.1 Å². The average molecular weight is 263 g/mol. The molecular weight excluding hydrogens is 254 g/mol. The molecular formula is C11H9N3O5. The Kier molecular flexibility index (Phi) is 3.15. The van der Waals surface area contributed by atoms with E-state index in [9.17, 15) is 19.7 Å². The Morgan fingerprint density at radius 3 is 2.47 bits per heavy atom. The van der Waals surface area contributed by atoms with E-state index < -0.39 is 21.9 Å². The molecule has 0 unspecified atom stereocenters. The van der Waals surface area contributed by atoms with Crippen molar-refractivity contribution < 1.29 is 10.0 Å². The van der Waals surface area contributed by atoms with Gasteiger partial charge in [-0.1, -0.05) is 12.1 Å². The molecule has 0 atom stereocenters. The third kappa shape index (κ3) is 2.68. The molecule has 19 heavy (non-hydrogen) atoms. The lowest BCUT2D eigenvalue weighted by Gasteiger charge is -2.04. The number of aromatic nitrogens is 2. The van der Waals surface area contributed by atoms with Crippen LogP contribution in [-0.2, 0) is 6.54 Å². The molecule has 0 bridgehead atoms. The number of H-pyrrole nitrogens is 1. The maximum atomic E-state index is 11.5. The minimum Gasteiger partial charge on any atom is -0.508 e. The minimum atomic E-state index is -1.03. The zero-order valence-electron chi connectivity index (χ0n) is 9.57. The van der Waals surface area contributed by atoms with E-state index in [0.717, 1.165) is 10.8 Å². The first-order valence-electron chi connectivity index (χ1n) is 5.23. The van der Waals surface area contributed by atoms with Gasteiger partial charge in [-0.3, -0.25) is 24.5 Å². The molecule has 98 valence electrons. The van der Waals surface area contributed by atoms with Crippen molar-refractivity contribution in [3.05, 3.63) is 67.0 Å². The number of aromatic amines is 1. The lowest BCUT2D eigenvalue weighted by molar-refractivity contribution is -0.386. The van der Waals surface area contributed by atoms with Gasteiger partial charge in [0.2, 0.25) is 0 Å². The number of aromatic hydroxyl groups is 1. The Labute approximate surface area is 105 Å². The molecule has 8 heteroatoms. The molecule has 0 amide bonds. The number of nitro groups is 1. The van der Waals surface area contributed by atoms with Gasteiger partial charge in [0.25, 0.3) is 0 Å². The van der Waals surface area contributed by atoms with Crippen molar-refractivity contribution in [2.24, 2.45) is 0 Å². The van der Waals surface area contributed by atoms with Gasteiger partial charge in [0.1, 0.15) is 5.75 Å². The molecule has 1 aromatic heterocycles. The second kappa shape index (κ2) is 4.77. The summed E-state index contributed by atoms with van der Waals surface area (Å²) in [6.07, 6.45) is 0.897. The number of benzene rings is 1. The summed E-state index contributed by atoms with van der Waals surface area (Å²) in [5.74, 6) is 0.0727. The predicted molar refractivity (Wildman–Crippen MR) is 65.2 cm³/mol. The Morgan fingerprint density at radius 2 is 1.89 bits per heavy atom. The maximum absolute atomic E-state index is 11.5.